The second-order valence-corrected chi connectivity index (χ2v) is 4.73. The summed E-state index contributed by atoms with van der Waals surface area (Å²) in [6.45, 7) is 4.19. The Morgan fingerprint density at radius 2 is 1.83 bits per heavy atom. The molecule has 1 aliphatic rings. The van der Waals surface area contributed by atoms with Gasteiger partial charge in [0.25, 0.3) is 0 Å². The van der Waals surface area contributed by atoms with Crippen molar-refractivity contribution in [1.82, 2.24) is 4.90 Å². The molecule has 1 aromatic rings. The molecule has 18 heavy (non-hydrogen) atoms. The summed E-state index contributed by atoms with van der Waals surface area (Å²) in [5, 5.41) is 8.59. The third-order valence-corrected chi connectivity index (χ3v) is 3.33. The summed E-state index contributed by atoms with van der Waals surface area (Å²) >= 11 is 0. The molecule has 0 atom stereocenters. The molecule has 1 aromatic carbocycles. The summed E-state index contributed by atoms with van der Waals surface area (Å²) in [4.78, 5) is 2.47. The molecule has 3 heteroatoms. The first-order chi connectivity index (χ1) is 8.88. The Hall–Kier alpha value is -1.53. The molecule has 1 fully saturated rings. The average Bonchev–Trinajstić information content (AvgIpc) is 2.42. The highest BCUT2D eigenvalue weighted by molar-refractivity contribution is 5.28. The molecule has 2 rings (SSSR count). The third-order valence-electron chi connectivity index (χ3n) is 3.33. The molecule has 0 spiro atoms. The molecule has 0 N–H and O–H groups in total. The van der Waals surface area contributed by atoms with Crippen LogP contribution < -0.4 is 4.74 Å². The zero-order chi connectivity index (χ0) is 12.6. The van der Waals surface area contributed by atoms with Gasteiger partial charge in [0.15, 0.2) is 0 Å². The van der Waals surface area contributed by atoms with Gasteiger partial charge >= 0.3 is 0 Å². The van der Waals surface area contributed by atoms with E-state index in [0.29, 0.717) is 6.42 Å². The Balaban J connectivity index is 1.71. The van der Waals surface area contributed by atoms with Crippen molar-refractivity contribution in [3.05, 3.63) is 29.8 Å². The maximum atomic E-state index is 8.59. The molecule has 96 valence electrons. The van der Waals surface area contributed by atoms with E-state index in [2.05, 4.69) is 11.0 Å². The lowest BCUT2D eigenvalue weighted by Gasteiger charge is -2.26. The second-order valence-electron chi connectivity index (χ2n) is 4.73. The monoisotopic (exact) mass is 244 g/mol. The number of hydrogen-bond donors (Lipinski definition) is 0. The van der Waals surface area contributed by atoms with E-state index in [4.69, 9.17) is 10.00 Å². The zero-order valence-electron chi connectivity index (χ0n) is 10.8. The standard InChI is InChI=1S/C15H20N2O/c16-9-8-14-4-6-15(7-5-14)18-13-12-17-10-2-1-3-11-17/h4-7H,1-3,8,10-13H2. The van der Waals surface area contributed by atoms with Crippen LogP contribution in [0.15, 0.2) is 24.3 Å². The molecule has 0 radical (unpaired) electrons. The lowest BCUT2D eigenvalue weighted by Crippen LogP contribution is -2.33. The molecule has 0 aromatic heterocycles. The Bertz CT molecular complexity index is 388. The van der Waals surface area contributed by atoms with Crippen molar-refractivity contribution in [2.24, 2.45) is 0 Å². The number of rotatable bonds is 5. The highest BCUT2D eigenvalue weighted by atomic mass is 16.5. The fourth-order valence-corrected chi connectivity index (χ4v) is 2.27. The number of hydrogen-bond acceptors (Lipinski definition) is 3. The Morgan fingerprint density at radius 1 is 1.11 bits per heavy atom. The van der Waals surface area contributed by atoms with Gasteiger partial charge in [-0.05, 0) is 43.6 Å². The summed E-state index contributed by atoms with van der Waals surface area (Å²) in [6, 6.07) is 9.95. The lowest BCUT2D eigenvalue weighted by atomic mass is 10.1. The maximum Gasteiger partial charge on any atom is 0.119 e. The minimum Gasteiger partial charge on any atom is -0.492 e. The van der Waals surface area contributed by atoms with Crippen LogP contribution in [0.5, 0.6) is 5.75 Å². The van der Waals surface area contributed by atoms with Crippen LogP contribution in [0.4, 0.5) is 0 Å². The molecule has 0 aliphatic carbocycles. The first-order valence-electron chi connectivity index (χ1n) is 6.69. The summed E-state index contributed by atoms with van der Waals surface area (Å²) < 4.78 is 5.72. The van der Waals surface area contributed by atoms with Gasteiger partial charge in [0.05, 0.1) is 12.5 Å². The topological polar surface area (TPSA) is 36.3 Å². The van der Waals surface area contributed by atoms with Crippen LogP contribution in [0.25, 0.3) is 0 Å². The predicted molar refractivity (Wildman–Crippen MR) is 71.5 cm³/mol. The highest BCUT2D eigenvalue weighted by Crippen LogP contribution is 2.13. The molecular weight excluding hydrogens is 224 g/mol. The van der Waals surface area contributed by atoms with E-state index in [1.807, 2.05) is 24.3 Å². The molecule has 0 saturated carbocycles. The minimum atomic E-state index is 0.466. The molecule has 1 saturated heterocycles. The van der Waals surface area contributed by atoms with Crippen molar-refractivity contribution < 1.29 is 4.74 Å². The predicted octanol–water partition coefficient (Wildman–Crippen LogP) is 2.62. The molecular formula is C15H20N2O. The van der Waals surface area contributed by atoms with Gasteiger partial charge in [0.1, 0.15) is 12.4 Å². The first kappa shape index (κ1) is 12.9. The van der Waals surface area contributed by atoms with Crippen molar-refractivity contribution in [1.29, 1.82) is 5.26 Å². The van der Waals surface area contributed by atoms with E-state index < -0.39 is 0 Å². The summed E-state index contributed by atoms with van der Waals surface area (Å²) in [6.07, 6.45) is 4.48. The van der Waals surface area contributed by atoms with Gasteiger partial charge in [-0.1, -0.05) is 18.6 Å². The van der Waals surface area contributed by atoms with Gasteiger partial charge in [-0.25, -0.2) is 0 Å². The van der Waals surface area contributed by atoms with E-state index in [9.17, 15) is 0 Å². The summed E-state index contributed by atoms with van der Waals surface area (Å²) in [5.41, 5.74) is 1.04. The molecule has 3 nitrogen and oxygen atoms in total. The Labute approximate surface area is 109 Å². The van der Waals surface area contributed by atoms with Crippen molar-refractivity contribution in [3.63, 3.8) is 0 Å². The summed E-state index contributed by atoms with van der Waals surface area (Å²) in [5.74, 6) is 0.897. The number of benzene rings is 1. The van der Waals surface area contributed by atoms with E-state index in [1.54, 1.807) is 0 Å². The Morgan fingerprint density at radius 3 is 2.50 bits per heavy atom. The van der Waals surface area contributed by atoms with E-state index in [0.717, 1.165) is 24.5 Å². The second kappa shape index (κ2) is 7.03. The SMILES string of the molecule is N#CCc1ccc(OCCN2CCCCC2)cc1. The van der Waals surface area contributed by atoms with Crippen molar-refractivity contribution >= 4 is 0 Å². The maximum absolute atomic E-state index is 8.59. The number of nitrogens with zero attached hydrogens (tertiary/aromatic N) is 2. The van der Waals surface area contributed by atoms with Gasteiger partial charge in [0, 0.05) is 6.54 Å². The number of ether oxygens (including phenoxy) is 1. The highest BCUT2D eigenvalue weighted by Gasteiger charge is 2.09. The van der Waals surface area contributed by atoms with E-state index in [-0.39, 0.29) is 0 Å². The van der Waals surface area contributed by atoms with Crippen LogP contribution in [0.1, 0.15) is 24.8 Å². The van der Waals surface area contributed by atoms with Gasteiger partial charge in [-0.3, -0.25) is 4.90 Å². The largest absolute Gasteiger partial charge is 0.492 e. The Kier molecular flexibility index (Phi) is 5.04. The van der Waals surface area contributed by atoms with Crippen LogP contribution in [0, 0.1) is 11.3 Å². The average molecular weight is 244 g/mol. The van der Waals surface area contributed by atoms with Gasteiger partial charge in [-0.2, -0.15) is 5.26 Å². The quantitative estimate of drug-likeness (QED) is 0.799. The van der Waals surface area contributed by atoms with Crippen molar-refractivity contribution in [2.45, 2.75) is 25.7 Å². The number of nitriles is 1. The molecule has 0 bridgehead atoms. The first-order valence-corrected chi connectivity index (χ1v) is 6.69. The zero-order valence-corrected chi connectivity index (χ0v) is 10.8. The minimum absolute atomic E-state index is 0.466. The number of piperidine rings is 1. The van der Waals surface area contributed by atoms with E-state index in [1.165, 1.54) is 32.4 Å². The van der Waals surface area contributed by atoms with Crippen LogP contribution >= 0.6 is 0 Å². The molecule has 1 heterocycles. The van der Waals surface area contributed by atoms with Crippen LogP contribution in [0.2, 0.25) is 0 Å². The fraction of sp³-hybridized carbons (Fsp3) is 0.533. The van der Waals surface area contributed by atoms with Gasteiger partial charge in [-0.15, -0.1) is 0 Å². The van der Waals surface area contributed by atoms with Gasteiger partial charge in [0.2, 0.25) is 0 Å². The van der Waals surface area contributed by atoms with Crippen LogP contribution in [0.3, 0.4) is 0 Å². The third kappa shape index (κ3) is 4.05. The van der Waals surface area contributed by atoms with Gasteiger partial charge < -0.3 is 4.74 Å². The molecule has 1 aliphatic heterocycles. The number of likely N-dealkylation sites (tertiary alicyclic amines) is 1. The van der Waals surface area contributed by atoms with Crippen molar-refractivity contribution in [2.75, 3.05) is 26.2 Å². The van der Waals surface area contributed by atoms with Crippen LogP contribution in [-0.4, -0.2) is 31.1 Å². The van der Waals surface area contributed by atoms with Crippen molar-refractivity contribution in [3.8, 4) is 11.8 Å². The van der Waals surface area contributed by atoms with E-state index >= 15 is 0 Å². The molecule has 0 amide bonds. The normalized spacial score (nSPS) is 16.2. The molecule has 0 unspecified atom stereocenters. The fourth-order valence-electron chi connectivity index (χ4n) is 2.27. The van der Waals surface area contributed by atoms with Crippen LogP contribution in [-0.2, 0) is 6.42 Å². The summed E-state index contributed by atoms with van der Waals surface area (Å²) in [7, 11) is 0. The smallest absolute Gasteiger partial charge is 0.119 e. The lowest BCUT2D eigenvalue weighted by molar-refractivity contribution is 0.183.